The number of nitrogens with two attached hydrogens (primary N) is 1. The third-order valence-electron chi connectivity index (χ3n) is 3.02. The van der Waals surface area contributed by atoms with E-state index in [4.69, 9.17) is 10.3 Å². The Labute approximate surface area is 117 Å². The SMILES string of the molecule is Nc1onc(-c2cccc(F)c2)c1-c1ccc(F)cc1F. The van der Waals surface area contributed by atoms with Gasteiger partial charge in [0.1, 0.15) is 23.1 Å². The van der Waals surface area contributed by atoms with E-state index in [0.717, 1.165) is 12.1 Å². The van der Waals surface area contributed by atoms with Crippen molar-refractivity contribution >= 4 is 5.88 Å². The van der Waals surface area contributed by atoms with Gasteiger partial charge in [0.15, 0.2) is 0 Å². The Morgan fingerprint density at radius 2 is 1.71 bits per heavy atom. The summed E-state index contributed by atoms with van der Waals surface area (Å²) in [4.78, 5) is 0. The molecule has 0 aliphatic heterocycles. The lowest BCUT2D eigenvalue weighted by atomic mass is 10.0. The van der Waals surface area contributed by atoms with E-state index in [0.29, 0.717) is 5.56 Å². The van der Waals surface area contributed by atoms with Crippen LogP contribution in [0.3, 0.4) is 0 Å². The third-order valence-corrected chi connectivity index (χ3v) is 3.02. The molecule has 2 N–H and O–H groups in total. The van der Waals surface area contributed by atoms with Crippen molar-refractivity contribution in [1.29, 1.82) is 0 Å². The van der Waals surface area contributed by atoms with Crippen LogP contribution in [0.15, 0.2) is 47.0 Å². The number of benzene rings is 2. The lowest BCUT2D eigenvalue weighted by Crippen LogP contribution is -1.92. The van der Waals surface area contributed by atoms with Gasteiger partial charge in [-0.1, -0.05) is 17.3 Å². The Bertz CT molecular complexity index is 814. The van der Waals surface area contributed by atoms with Crippen molar-refractivity contribution in [2.45, 2.75) is 0 Å². The first-order valence-electron chi connectivity index (χ1n) is 6.03. The molecule has 106 valence electrons. The molecule has 0 unspecified atom stereocenters. The lowest BCUT2D eigenvalue weighted by Gasteiger charge is -2.04. The Hall–Kier alpha value is -2.76. The van der Waals surface area contributed by atoms with E-state index < -0.39 is 17.5 Å². The Kier molecular flexibility index (Phi) is 3.13. The summed E-state index contributed by atoms with van der Waals surface area (Å²) in [5.41, 5.74) is 6.45. The second-order valence-electron chi connectivity index (χ2n) is 4.40. The number of anilines is 1. The summed E-state index contributed by atoms with van der Waals surface area (Å²) in [6, 6.07) is 8.63. The van der Waals surface area contributed by atoms with Crippen molar-refractivity contribution in [2.24, 2.45) is 0 Å². The normalized spacial score (nSPS) is 10.8. The summed E-state index contributed by atoms with van der Waals surface area (Å²) in [5, 5.41) is 3.74. The molecule has 21 heavy (non-hydrogen) atoms. The maximum atomic E-state index is 13.9. The molecule has 0 aliphatic rings. The van der Waals surface area contributed by atoms with Crippen LogP contribution in [-0.2, 0) is 0 Å². The van der Waals surface area contributed by atoms with Gasteiger partial charge < -0.3 is 10.3 Å². The van der Waals surface area contributed by atoms with Crippen LogP contribution in [0.25, 0.3) is 22.4 Å². The smallest absolute Gasteiger partial charge is 0.230 e. The van der Waals surface area contributed by atoms with Crippen molar-refractivity contribution in [3.63, 3.8) is 0 Å². The molecule has 0 amide bonds. The van der Waals surface area contributed by atoms with E-state index >= 15 is 0 Å². The van der Waals surface area contributed by atoms with Gasteiger partial charge >= 0.3 is 0 Å². The summed E-state index contributed by atoms with van der Waals surface area (Å²) in [6.07, 6.45) is 0. The molecule has 0 spiro atoms. The maximum absolute atomic E-state index is 13.9. The fourth-order valence-electron chi connectivity index (χ4n) is 2.09. The number of nitrogens with zero attached hydrogens (tertiary/aromatic N) is 1. The van der Waals surface area contributed by atoms with E-state index in [1.165, 1.54) is 24.3 Å². The predicted octanol–water partition coefficient (Wildman–Crippen LogP) is 4.01. The molecular formula is C15H9F3N2O. The average molecular weight is 290 g/mol. The first-order chi connectivity index (χ1) is 10.1. The zero-order chi connectivity index (χ0) is 15.0. The van der Waals surface area contributed by atoms with E-state index in [9.17, 15) is 13.2 Å². The fraction of sp³-hybridized carbons (Fsp3) is 0. The summed E-state index contributed by atoms with van der Waals surface area (Å²) >= 11 is 0. The zero-order valence-corrected chi connectivity index (χ0v) is 10.6. The van der Waals surface area contributed by atoms with E-state index in [1.807, 2.05) is 0 Å². The standard InChI is InChI=1S/C15H9F3N2O/c16-9-3-1-2-8(6-9)14-13(15(19)21-20-14)11-5-4-10(17)7-12(11)18/h1-7H,19H2. The minimum Gasteiger partial charge on any atom is -0.367 e. The summed E-state index contributed by atoms with van der Waals surface area (Å²) in [6.45, 7) is 0. The number of hydrogen-bond acceptors (Lipinski definition) is 3. The highest BCUT2D eigenvalue weighted by Gasteiger charge is 2.20. The monoisotopic (exact) mass is 290 g/mol. The van der Waals surface area contributed by atoms with Crippen molar-refractivity contribution in [1.82, 2.24) is 5.16 Å². The number of rotatable bonds is 2. The highest BCUT2D eigenvalue weighted by molar-refractivity contribution is 5.87. The largest absolute Gasteiger partial charge is 0.367 e. The molecule has 0 saturated carbocycles. The molecule has 1 aromatic heterocycles. The maximum Gasteiger partial charge on any atom is 0.230 e. The van der Waals surface area contributed by atoms with E-state index in [2.05, 4.69) is 5.16 Å². The molecule has 6 heteroatoms. The topological polar surface area (TPSA) is 52.0 Å². The first-order valence-corrected chi connectivity index (χ1v) is 6.03. The zero-order valence-electron chi connectivity index (χ0n) is 10.6. The molecule has 2 aromatic carbocycles. The molecule has 0 bridgehead atoms. The number of nitrogen functional groups attached to an aromatic ring is 1. The summed E-state index contributed by atoms with van der Waals surface area (Å²) < 4.78 is 45.1. The van der Waals surface area contributed by atoms with Crippen LogP contribution < -0.4 is 5.73 Å². The molecule has 3 rings (SSSR count). The number of hydrogen-bond donors (Lipinski definition) is 1. The Morgan fingerprint density at radius 3 is 2.43 bits per heavy atom. The van der Waals surface area contributed by atoms with E-state index in [1.54, 1.807) is 6.07 Å². The molecule has 0 saturated heterocycles. The lowest BCUT2D eigenvalue weighted by molar-refractivity contribution is 0.439. The van der Waals surface area contributed by atoms with Gasteiger partial charge in [-0.2, -0.15) is 0 Å². The molecule has 3 nitrogen and oxygen atoms in total. The molecular weight excluding hydrogens is 281 g/mol. The van der Waals surface area contributed by atoms with Crippen LogP contribution in [0.1, 0.15) is 0 Å². The van der Waals surface area contributed by atoms with Crippen LogP contribution in [-0.4, -0.2) is 5.16 Å². The van der Waals surface area contributed by atoms with Crippen LogP contribution >= 0.6 is 0 Å². The summed E-state index contributed by atoms with van der Waals surface area (Å²) in [5.74, 6) is -2.11. The highest BCUT2D eigenvalue weighted by Crippen LogP contribution is 2.37. The van der Waals surface area contributed by atoms with Crippen molar-refractivity contribution in [2.75, 3.05) is 5.73 Å². The minimum atomic E-state index is -0.803. The molecule has 3 aromatic rings. The summed E-state index contributed by atoms with van der Waals surface area (Å²) in [7, 11) is 0. The van der Waals surface area contributed by atoms with Gasteiger partial charge in [0, 0.05) is 17.2 Å². The quantitative estimate of drug-likeness (QED) is 0.776. The molecule has 0 atom stereocenters. The average Bonchev–Trinajstić information content (AvgIpc) is 2.81. The van der Waals surface area contributed by atoms with Crippen molar-refractivity contribution in [3.8, 4) is 22.4 Å². The molecule has 0 radical (unpaired) electrons. The van der Waals surface area contributed by atoms with Gasteiger partial charge in [0.25, 0.3) is 0 Å². The molecule has 1 heterocycles. The molecule has 0 fully saturated rings. The van der Waals surface area contributed by atoms with Gasteiger partial charge in [-0.15, -0.1) is 0 Å². The van der Waals surface area contributed by atoms with Crippen molar-refractivity contribution in [3.05, 3.63) is 59.9 Å². The number of halogens is 3. The second-order valence-corrected chi connectivity index (χ2v) is 4.40. The van der Waals surface area contributed by atoms with Crippen LogP contribution in [0.2, 0.25) is 0 Å². The molecule has 0 aliphatic carbocycles. The van der Waals surface area contributed by atoms with Crippen LogP contribution in [0.5, 0.6) is 0 Å². The Balaban J connectivity index is 2.22. The highest BCUT2D eigenvalue weighted by atomic mass is 19.1. The second kappa shape index (κ2) is 4.97. The van der Waals surface area contributed by atoms with Gasteiger partial charge in [0.05, 0.1) is 5.56 Å². The van der Waals surface area contributed by atoms with Gasteiger partial charge in [-0.3, -0.25) is 0 Å². The third kappa shape index (κ3) is 2.35. The minimum absolute atomic E-state index is 0.0365. The Morgan fingerprint density at radius 1 is 0.952 bits per heavy atom. The predicted molar refractivity (Wildman–Crippen MR) is 71.7 cm³/mol. The van der Waals surface area contributed by atoms with Gasteiger partial charge in [0.2, 0.25) is 5.88 Å². The van der Waals surface area contributed by atoms with Crippen LogP contribution in [0, 0.1) is 17.5 Å². The van der Waals surface area contributed by atoms with Crippen LogP contribution in [0.4, 0.5) is 19.1 Å². The fourth-order valence-corrected chi connectivity index (χ4v) is 2.09. The van der Waals surface area contributed by atoms with Gasteiger partial charge in [-0.05, 0) is 24.3 Å². The number of aromatic nitrogens is 1. The van der Waals surface area contributed by atoms with E-state index in [-0.39, 0.29) is 22.7 Å². The van der Waals surface area contributed by atoms with Crippen molar-refractivity contribution < 1.29 is 17.7 Å². The van der Waals surface area contributed by atoms with Gasteiger partial charge in [-0.25, -0.2) is 13.2 Å². The first kappa shape index (κ1) is 13.2.